The first-order chi connectivity index (χ1) is 24.0. The Morgan fingerprint density at radius 1 is 0.900 bits per heavy atom. The second-order valence-electron chi connectivity index (χ2n) is 13.4. The van der Waals surface area contributed by atoms with Crippen molar-refractivity contribution in [3.8, 4) is 23.0 Å². The number of tetrazole rings is 1. The number of nitrogens with one attached hydrogen (secondary N) is 2. The van der Waals surface area contributed by atoms with Gasteiger partial charge < -0.3 is 14.8 Å². The number of para-hydroxylation sites is 1. The Morgan fingerprint density at radius 2 is 1.62 bits per heavy atom. The molecule has 0 saturated heterocycles. The standard InChI is InChI=1S/C38H47N7O4S/c1-8-37(4,5)26-18-23-31(30(25-26)38(6,7)9-2)49-24-14-17-32(46)39-27-19-21-29(22-20-27)44-35(47)33(34(41-44)48-10-3)50-36-40-42-43-45(36)28-15-12-11-13-16-28/h11-13,15-16,18-23,25,41H,8-10,14,17,24H2,1-7H3,(H,39,46). The van der Waals surface area contributed by atoms with Crippen LogP contribution >= 0.6 is 11.8 Å². The van der Waals surface area contributed by atoms with E-state index in [9.17, 15) is 9.59 Å². The molecule has 2 N–H and O–H groups in total. The summed E-state index contributed by atoms with van der Waals surface area (Å²) in [7, 11) is 0. The van der Waals surface area contributed by atoms with Gasteiger partial charge in [0.1, 0.15) is 10.6 Å². The van der Waals surface area contributed by atoms with Crippen LogP contribution < -0.4 is 20.3 Å². The maximum atomic E-state index is 13.6. The number of carbonyl (C=O) groups is 1. The number of amides is 1. The molecule has 0 unspecified atom stereocenters. The van der Waals surface area contributed by atoms with E-state index in [4.69, 9.17) is 9.47 Å². The van der Waals surface area contributed by atoms with E-state index in [0.29, 0.717) is 53.4 Å². The van der Waals surface area contributed by atoms with Gasteiger partial charge >= 0.3 is 0 Å². The first-order valence-electron chi connectivity index (χ1n) is 17.1. The van der Waals surface area contributed by atoms with Gasteiger partial charge in [-0.25, -0.2) is 4.68 Å². The summed E-state index contributed by atoms with van der Waals surface area (Å²) in [5.41, 5.74) is 4.23. The molecule has 0 aliphatic carbocycles. The van der Waals surface area contributed by atoms with E-state index in [1.165, 1.54) is 15.8 Å². The summed E-state index contributed by atoms with van der Waals surface area (Å²) in [6.45, 7) is 16.1. The molecule has 0 atom stereocenters. The Morgan fingerprint density at radius 3 is 2.30 bits per heavy atom. The summed E-state index contributed by atoms with van der Waals surface area (Å²) < 4.78 is 15.0. The predicted octanol–water partition coefficient (Wildman–Crippen LogP) is 7.86. The van der Waals surface area contributed by atoms with Gasteiger partial charge in [-0.3, -0.25) is 14.7 Å². The van der Waals surface area contributed by atoms with Crippen LogP contribution in [-0.4, -0.2) is 49.1 Å². The molecular weight excluding hydrogens is 651 g/mol. The number of nitrogens with zero attached hydrogens (tertiary/aromatic N) is 5. The minimum atomic E-state index is -0.313. The fourth-order valence-electron chi connectivity index (χ4n) is 5.31. The molecule has 1 amide bonds. The number of anilines is 1. The highest BCUT2D eigenvalue weighted by Crippen LogP contribution is 2.38. The Kier molecular flexibility index (Phi) is 11.5. The third kappa shape index (κ3) is 8.30. The van der Waals surface area contributed by atoms with Crippen molar-refractivity contribution in [1.29, 1.82) is 0 Å². The molecule has 0 radical (unpaired) electrons. The van der Waals surface area contributed by atoms with Gasteiger partial charge in [-0.15, -0.1) is 5.10 Å². The van der Waals surface area contributed by atoms with Gasteiger partial charge in [0.2, 0.25) is 16.9 Å². The van der Waals surface area contributed by atoms with Crippen LogP contribution in [0.1, 0.15) is 85.3 Å². The van der Waals surface area contributed by atoms with E-state index < -0.39 is 0 Å². The molecule has 264 valence electrons. The maximum absolute atomic E-state index is 13.6. The monoisotopic (exact) mass is 697 g/mol. The van der Waals surface area contributed by atoms with Crippen molar-refractivity contribution in [1.82, 2.24) is 30.0 Å². The normalized spacial score (nSPS) is 11.8. The summed E-state index contributed by atoms with van der Waals surface area (Å²) in [6.07, 6.45) is 2.93. The molecule has 0 saturated carbocycles. The van der Waals surface area contributed by atoms with Gasteiger partial charge in [-0.1, -0.05) is 71.9 Å². The molecule has 2 heterocycles. The van der Waals surface area contributed by atoms with Crippen LogP contribution in [0, 0.1) is 0 Å². The van der Waals surface area contributed by atoms with Crippen LogP contribution in [0.4, 0.5) is 5.69 Å². The van der Waals surface area contributed by atoms with Crippen LogP contribution in [0.5, 0.6) is 11.6 Å². The van der Waals surface area contributed by atoms with Gasteiger partial charge in [-0.2, -0.15) is 4.68 Å². The van der Waals surface area contributed by atoms with E-state index in [1.54, 1.807) is 28.9 Å². The highest BCUT2D eigenvalue weighted by molar-refractivity contribution is 7.99. The van der Waals surface area contributed by atoms with Gasteiger partial charge in [-0.05, 0) is 107 Å². The Bertz CT molecular complexity index is 1950. The van der Waals surface area contributed by atoms with Crippen LogP contribution in [-0.2, 0) is 15.6 Å². The number of ether oxygens (including phenoxy) is 2. The molecule has 0 spiro atoms. The van der Waals surface area contributed by atoms with Crippen molar-refractivity contribution in [2.24, 2.45) is 0 Å². The van der Waals surface area contributed by atoms with Crippen LogP contribution in [0.15, 0.2) is 87.6 Å². The first kappa shape index (κ1) is 36.4. The summed E-state index contributed by atoms with van der Waals surface area (Å²) in [4.78, 5) is 26.7. The number of benzene rings is 3. The van der Waals surface area contributed by atoms with Crippen LogP contribution in [0.25, 0.3) is 11.4 Å². The molecular formula is C38H47N7O4S. The van der Waals surface area contributed by atoms with E-state index >= 15 is 0 Å². The number of aromatic amines is 1. The van der Waals surface area contributed by atoms with Crippen molar-refractivity contribution in [2.75, 3.05) is 18.5 Å². The Balaban J connectivity index is 1.21. The van der Waals surface area contributed by atoms with Gasteiger partial charge in [0.25, 0.3) is 5.56 Å². The molecule has 2 aromatic heterocycles. The summed E-state index contributed by atoms with van der Waals surface area (Å²) in [5, 5.41) is 18.4. The quantitative estimate of drug-likeness (QED) is 0.0998. The third-order valence-corrected chi connectivity index (χ3v) is 10.2. The van der Waals surface area contributed by atoms with Crippen LogP contribution in [0.2, 0.25) is 0 Å². The van der Waals surface area contributed by atoms with Gasteiger partial charge in [0.15, 0.2) is 0 Å². The molecule has 50 heavy (non-hydrogen) atoms. The number of rotatable bonds is 16. The number of H-pyrrole nitrogens is 1. The summed E-state index contributed by atoms with van der Waals surface area (Å²) in [6, 6.07) is 23.0. The lowest BCUT2D eigenvalue weighted by Crippen LogP contribution is -2.21. The SMILES string of the molecule is CCOc1[nH]n(-c2ccc(NC(=O)CCCOc3ccc(C(C)(C)CC)cc3C(C)(C)CC)cc2)c(=O)c1Sc1nnnn1-c1ccccc1. The zero-order valence-electron chi connectivity index (χ0n) is 29.9. The lowest BCUT2D eigenvalue weighted by molar-refractivity contribution is -0.116. The molecule has 0 bridgehead atoms. The highest BCUT2D eigenvalue weighted by atomic mass is 32.2. The summed E-state index contributed by atoms with van der Waals surface area (Å²) in [5.74, 6) is 1.09. The first-order valence-corrected chi connectivity index (χ1v) is 18.0. The van der Waals surface area contributed by atoms with Crippen molar-refractivity contribution < 1.29 is 14.3 Å². The number of carbonyl (C=O) groups excluding carboxylic acids is 1. The fraction of sp³-hybridized carbons (Fsp3) is 0.395. The smallest absolute Gasteiger partial charge is 0.289 e. The van der Waals surface area contributed by atoms with Gasteiger partial charge in [0.05, 0.1) is 24.6 Å². The second kappa shape index (κ2) is 15.8. The lowest BCUT2D eigenvalue weighted by Gasteiger charge is -2.30. The molecule has 0 aliphatic heterocycles. The predicted molar refractivity (Wildman–Crippen MR) is 197 cm³/mol. The van der Waals surface area contributed by atoms with Gasteiger partial charge in [0, 0.05) is 17.7 Å². The van der Waals surface area contributed by atoms with E-state index in [1.807, 2.05) is 37.3 Å². The molecule has 12 heteroatoms. The van der Waals surface area contributed by atoms with E-state index in [2.05, 4.69) is 85.7 Å². The number of hydrogen-bond acceptors (Lipinski definition) is 8. The molecule has 5 rings (SSSR count). The minimum Gasteiger partial charge on any atom is -0.493 e. The van der Waals surface area contributed by atoms with Crippen LogP contribution in [0.3, 0.4) is 0 Å². The molecule has 0 aliphatic rings. The average Bonchev–Trinajstić information content (AvgIpc) is 3.71. The van der Waals surface area contributed by atoms with Crippen molar-refractivity contribution in [2.45, 2.75) is 95.0 Å². The minimum absolute atomic E-state index is 0.0320. The third-order valence-electron chi connectivity index (χ3n) is 9.21. The molecule has 11 nitrogen and oxygen atoms in total. The van der Waals surface area contributed by atoms with E-state index in [0.717, 1.165) is 36.0 Å². The topological polar surface area (TPSA) is 129 Å². The molecule has 0 fully saturated rings. The highest BCUT2D eigenvalue weighted by Gasteiger charge is 2.27. The number of hydrogen-bond donors (Lipinski definition) is 2. The van der Waals surface area contributed by atoms with Crippen molar-refractivity contribution in [3.63, 3.8) is 0 Å². The molecule has 3 aromatic carbocycles. The Hall–Kier alpha value is -4.84. The largest absolute Gasteiger partial charge is 0.493 e. The number of aromatic nitrogens is 6. The average molecular weight is 698 g/mol. The summed E-state index contributed by atoms with van der Waals surface area (Å²) >= 11 is 1.12. The molecule has 5 aromatic rings. The maximum Gasteiger partial charge on any atom is 0.289 e. The lowest BCUT2D eigenvalue weighted by atomic mass is 9.76. The van der Waals surface area contributed by atoms with Crippen molar-refractivity contribution >= 4 is 23.4 Å². The second-order valence-corrected chi connectivity index (χ2v) is 14.4. The zero-order chi connectivity index (χ0) is 35.9. The van der Waals surface area contributed by atoms with Crippen molar-refractivity contribution in [3.05, 3.63) is 94.3 Å². The Labute approximate surface area is 297 Å². The zero-order valence-corrected chi connectivity index (χ0v) is 30.8. The fourth-order valence-corrected chi connectivity index (χ4v) is 6.18. The van der Waals surface area contributed by atoms with E-state index in [-0.39, 0.29) is 22.3 Å².